The number of nitrogens with one attached hydrogen (secondary N) is 1. The van der Waals surface area contributed by atoms with E-state index in [2.05, 4.69) is 14.8 Å². The van der Waals surface area contributed by atoms with Crippen LogP contribution in [0.4, 0.5) is 5.82 Å². The Balaban J connectivity index is 2.26. The predicted octanol–water partition coefficient (Wildman–Crippen LogP) is 1.48. The molecule has 0 spiro atoms. The molecule has 0 aliphatic heterocycles. The number of hydrogen-bond donors (Lipinski definition) is 1. The summed E-state index contributed by atoms with van der Waals surface area (Å²) in [5.74, 6) is 0.303. The van der Waals surface area contributed by atoms with E-state index in [1.807, 2.05) is 25.3 Å². The van der Waals surface area contributed by atoms with Gasteiger partial charge in [-0.3, -0.25) is 9.40 Å². The lowest BCUT2D eigenvalue weighted by Gasteiger charge is -2.07. The molecule has 0 saturated carbocycles. The first-order valence-electron chi connectivity index (χ1n) is 6.02. The second kappa shape index (κ2) is 5.04. The van der Waals surface area contributed by atoms with Crippen molar-refractivity contribution >= 4 is 15.8 Å². The first kappa shape index (κ1) is 13.6. The van der Waals surface area contributed by atoms with Crippen LogP contribution >= 0.6 is 0 Å². The van der Waals surface area contributed by atoms with Crippen molar-refractivity contribution < 1.29 is 8.42 Å². The second-order valence-corrected chi connectivity index (χ2v) is 6.02. The summed E-state index contributed by atoms with van der Waals surface area (Å²) in [7, 11) is -3.65. The summed E-state index contributed by atoms with van der Waals surface area (Å²) in [6.07, 6.45) is 4.72. The molecule has 0 aliphatic rings. The summed E-state index contributed by atoms with van der Waals surface area (Å²) < 4.78 is 30.1. The maximum atomic E-state index is 12.2. The third-order valence-electron chi connectivity index (χ3n) is 2.69. The van der Waals surface area contributed by atoms with Crippen molar-refractivity contribution in [3.8, 4) is 0 Å². The number of hydrogen-bond acceptors (Lipinski definition) is 4. The maximum Gasteiger partial charge on any atom is 0.280 e. The van der Waals surface area contributed by atoms with E-state index in [0.29, 0.717) is 12.4 Å². The van der Waals surface area contributed by atoms with Crippen LogP contribution in [0.2, 0.25) is 0 Å². The summed E-state index contributed by atoms with van der Waals surface area (Å²) in [4.78, 5) is 4.03. The van der Waals surface area contributed by atoms with Crippen LogP contribution in [0.15, 0.2) is 29.8 Å². The Labute approximate surface area is 112 Å². The minimum atomic E-state index is -3.65. The quantitative estimate of drug-likeness (QED) is 0.901. The number of aryl methyl sites for hydroxylation is 1. The normalized spacial score (nSPS) is 12.0. The molecule has 0 atom stereocenters. The minimum absolute atomic E-state index is 0.133. The van der Waals surface area contributed by atoms with Gasteiger partial charge in [0, 0.05) is 18.8 Å². The molecule has 7 nitrogen and oxygen atoms in total. The molecule has 0 amide bonds. The highest BCUT2D eigenvalue weighted by Gasteiger charge is 2.20. The van der Waals surface area contributed by atoms with E-state index in [1.165, 1.54) is 16.9 Å². The van der Waals surface area contributed by atoms with Gasteiger partial charge < -0.3 is 4.57 Å². The van der Waals surface area contributed by atoms with Gasteiger partial charge in [0.25, 0.3) is 10.0 Å². The van der Waals surface area contributed by atoms with Crippen molar-refractivity contribution in [2.24, 2.45) is 0 Å². The summed E-state index contributed by atoms with van der Waals surface area (Å²) >= 11 is 0. The Hall–Kier alpha value is -1.83. The lowest BCUT2D eigenvalue weighted by atomic mass is 10.4. The van der Waals surface area contributed by atoms with Crippen LogP contribution in [0.3, 0.4) is 0 Å². The number of anilines is 1. The van der Waals surface area contributed by atoms with Crippen molar-refractivity contribution in [1.82, 2.24) is 19.3 Å². The Morgan fingerprint density at radius 1 is 1.42 bits per heavy atom. The van der Waals surface area contributed by atoms with Crippen molar-refractivity contribution in [1.29, 1.82) is 0 Å². The number of sulfonamides is 1. The van der Waals surface area contributed by atoms with Crippen LogP contribution in [-0.2, 0) is 16.6 Å². The molecule has 0 aromatic carbocycles. The summed E-state index contributed by atoms with van der Waals surface area (Å²) in [5, 5.41) is 4.08. The molecule has 0 radical (unpaired) electrons. The Kier molecular flexibility index (Phi) is 3.61. The fourth-order valence-electron chi connectivity index (χ4n) is 1.65. The van der Waals surface area contributed by atoms with E-state index in [0.717, 1.165) is 0 Å². The monoisotopic (exact) mass is 283 g/mol. The van der Waals surface area contributed by atoms with Gasteiger partial charge in [-0.2, -0.15) is 13.5 Å². The van der Waals surface area contributed by atoms with Gasteiger partial charge in [0.2, 0.25) is 0 Å². The van der Waals surface area contributed by atoms with E-state index in [1.54, 1.807) is 12.5 Å². The maximum absolute atomic E-state index is 12.2. The number of imidazole rings is 1. The first-order chi connectivity index (χ1) is 8.94. The van der Waals surface area contributed by atoms with Crippen LogP contribution in [0.1, 0.15) is 26.8 Å². The molecule has 2 aromatic heterocycles. The minimum Gasteiger partial charge on any atom is -0.333 e. The van der Waals surface area contributed by atoms with Crippen LogP contribution < -0.4 is 4.72 Å². The molecular formula is C11H17N5O2S. The lowest BCUT2D eigenvalue weighted by Crippen LogP contribution is -2.18. The van der Waals surface area contributed by atoms with Gasteiger partial charge in [0.05, 0.1) is 12.5 Å². The zero-order chi connectivity index (χ0) is 14.0. The third kappa shape index (κ3) is 2.78. The van der Waals surface area contributed by atoms with E-state index in [4.69, 9.17) is 0 Å². The molecule has 2 aromatic rings. The molecule has 0 fully saturated rings. The molecule has 0 unspecified atom stereocenters. The Bertz CT molecular complexity index is 656. The van der Waals surface area contributed by atoms with Gasteiger partial charge in [-0.15, -0.1) is 0 Å². The van der Waals surface area contributed by atoms with Gasteiger partial charge in [0.15, 0.2) is 10.8 Å². The van der Waals surface area contributed by atoms with Crippen molar-refractivity contribution in [3.05, 3.63) is 24.8 Å². The van der Waals surface area contributed by atoms with Crippen molar-refractivity contribution in [3.63, 3.8) is 0 Å². The van der Waals surface area contributed by atoms with Crippen LogP contribution in [0.5, 0.6) is 0 Å². The largest absolute Gasteiger partial charge is 0.333 e. The van der Waals surface area contributed by atoms with E-state index in [-0.39, 0.29) is 11.1 Å². The number of rotatable bonds is 5. The highest BCUT2D eigenvalue weighted by Crippen LogP contribution is 2.15. The Morgan fingerprint density at radius 3 is 2.74 bits per heavy atom. The van der Waals surface area contributed by atoms with Gasteiger partial charge in [-0.05, 0) is 26.8 Å². The first-order valence-corrected chi connectivity index (χ1v) is 7.50. The Morgan fingerprint density at radius 2 is 2.16 bits per heavy atom. The number of aromatic nitrogens is 4. The third-order valence-corrected chi connectivity index (χ3v) is 4.06. The van der Waals surface area contributed by atoms with Gasteiger partial charge in [-0.25, -0.2) is 4.98 Å². The summed E-state index contributed by atoms with van der Waals surface area (Å²) in [5.41, 5.74) is 0. The highest BCUT2D eigenvalue weighted by molar-refractivity contribution is 7.92. The summed E-state index contributed by atoms with van der Waals surface area (Å²) in [6.45, 7) is 6.31. The predicted molar refractivity (Wildman–Crippen MR) is 71.3 cm³/mol. The van der Waals surface area contributed by atoms with Gasteiger partial charge in [-0.1, -0.05) is 0 Å². The zero-order valence-corrected chi connectivity index (χ0v) is 11.9. The molecule has 1 N–H and O–H groups in total. The SMILES string of the molecule is CCn1nccc1S(=O)(=O)Nc1cn(C(C)C)cn1. The molecule has 0 aliphatic carbocycles. The molecule has 104 valence electrons. The molecule has 0 bridgehead atoms. The van der Waals surface area contributed by atoms with Crippen molar-refractivity contribution in [2.75, 3.05) is 4.72 Å². The fourth-order valence-corrected chi connectivity index (χ4v) is 2.83. The van der Waals surface area contributed by atoms with E-state index < -0.39 is 10.0 Å². The molecule has 2 heterocycles. The topological polar surface area (TPSA) is 81.8 Å². The molecule has 8 heteroatoms. The zero-order valence-electron chi connectivity index (χ0n) is 11.1. The van der Waals surface area contributed by atoms with Gasteiger partial charge >= 0.3 is 0 Å². The summed E-state index contributed by atoms with van der Waals surface area (Å²) in [6, 6.07) is 1.69. The molecule has 19 heavy (non-hydrogen) atoms. The number of nitrogens with zero attached hydrogens (tertiary/aromatic N) is 4. The average molecular weight is 283 g/mol. The van der Waals surface area contributed by atoms with Crippen LogP contribution in [0, 0.1) is 0 Å². The van der Waals surface area contributed by atoms with Crippen LogP contribution in [0.25, 0.3) is 0 Å². The standard InChI is InChI=1S/C11H17N5O2S/c1-4-16-11(5-6-13-16)19(17,18)14-10-7-15(8-12-10)9(2)3/h5-9,14H,4H2,1-3H3. The van der Waals surface area contributed by atoms with Crippen LogP contribution in [-0.4, -0.2) is 27.7 Å². The smallest absolute Gasteiger partial charge is 0.280 e. The molecule has 0 saturated heterocycles. The van der Waals surface area contributed by atoms with Gasteiger partial charge in [0.1, 0.15) is 0 Å². The van der Waals surface area contributed by atoms with E-state index >= 15 is 0 Å². The fraction of sp³-hybridized carbons (Fsp3) is 0.455. The molecular weight excluding hydrogens is 266 g/mol. The average Bonchev–Trinajstić information content (AvgIpc) is 2.95. The molecule has 2 rings (SSSR count). The van der Waals surface area contributed by atoms with Crippen molar-refractivity contribution in [2.45, 2.75) is 38.4 Å². The van der Waals surface area contributed by atoms with E-state index in [9.17, 15) is 8.42 Å². The lowest BCUT2D eigenvalue weighted by molar-refractivity contribution is 0.558. The highest BCUT2D eigenvalue weighted by atomic mass is 32.2. The second-order valence-electron chi connectivity index (χ2n) is 4.39.